The Kier molecular flexibility index (Phi) is 2.63. The molecule has 0 aromatic carbocycles. The van der Waals surface area contributed by atoms with Gasteiger partial charge >= 0.3 is 5.97 Å². The molecule has 0 amide bonds. The molecule has 4 N–H and O–H groups in total. The van der Waals surface area contributed by atoms with Gasteiger partial charge in [-0.05, 0) is 0 Å². The third kappa shape index (κ3) is 1.56. The maximum Gasteiger partial charge on any atom is 0.335 e. The molecule has 12 heavy (non-hydrogen) atoms. The summed E-state index contributed by atoms with van der Waals surface area (Å²) in [6.45, 7) is -0.283. The Morgan fingerprint density at radius 1 is 1.25 bits per heavy atom. The molecule has 0 spiro atoms. The van der Waals surface area contributed by atoms with E-state index in [1.54, 1.807) is 0 Å². The van der Waals surface area contributed by atoms with E-state index in [0.717, 1.165) is 0 Å². The number of aliphatic hydroxyl groups excluding tert-OH is 3. The van der Waals surface area contributed by atoms with Crippen molar-refractivity contribution >= 4 is 5.97 Å². The maximum absolute atomic E-state index is 10.3. The van der Waals surface area contributed by atoms with Gasteiger partial charge in [-0.15, -0.1) is 0 Å². The summed E-state index contributed by atoms with van der Waals surface area (Å²) in [7, 11) is 0. The van der Waals surface area contributed by atoms with Gasteiger partial charge in [0.25, 0.3) is 0 Å². The van der Waals surface area contributed by atoms with Crippen LogP contribution in [0.4, 0.5) is 0 Å². The van der Waals surface area contributed by atoms with Gasteiger partial charge in [-0.1, -0.05) is 0 Å². The van der Waals surface area contributed by atoms with Gasteiger partial charge in [0.2, 0.25) is 0 Å². The molecule has 1 fully saturated rings. The number of hydrogen-bond donors (Lipinski definition) is 4. The fraction of sp³-hybridized carbons (Fsp3) is 0.833. The van der Waals surface area contributed by atoms with E-state index in [1.807, 2.05) is 0 Å². The lowest BCUT2D eigenvalue weighted by molar-refractivity contribution is -0.201. The van der Waals surface area contributed by atoms with Crippen molar-refractivity contribution < 1.29 is 30.0 Å². The number of ether oxygens (including phenoxy) is 1. The molecule has 0 radical (unpaired) electrons. The fourth-order valence-electron chi connectivity index (χ4n) is 1.02. The van der Waals surface area contributed by atoms with Gasteiger partial charge in [-0.3, -0.25) is 0 Å². The molecule has 0 aliphatic carbocycles. The average molecular weight is 178 g/mol. The number of rotatable bonds is 1. The number of carbonyl (C=O) groups is 1. The molecule has 1 rings (SSSR count). The summed E-state index contributed by atoms with van der Waals surface area (Å²) < 4.78 is 4.57. The fourth-order valence-corrected chi connectivity index (χ4v) is 1.02. The lowest BCUT2D eigenvalue weighted by atomic mass is 10.0. The Morgan fingerprint density at radius 3 is 2.33 bits per heavy atom. The molecule has 6 nitrogen and oxygen atoms in total. The predicted octanol–water partition coefficient (Wildman–Crippen LogP) is -2.45. The minimum absolute atomic E-state index is 0.283. The van der Waals surface area contributed by atoms with Crippen LogP contribution in [0, 0.1) is 0 Å². The molecule has 1 aliphatic heterocycles. The molecule has 0 saturated carbocycles. The van der Waals surface area contributed by atoms with Crippen LogP contribution in [0.15, 0.2) is 0 Å². The summed E-state index contributed by atoms with van der Waals surface area (Å²) in [4.78, 5) is 10.3. The van der Waals surface area contributed by atoms with Crippen LogP contribution in [-0.2, 0) is 9.53 Å². The Balaban J connectivity index is 2.65. The van der Waals surface area contributed by atoms with Gasteiger partial charge in [-0.2, -0.15) is 0 Å². The third-order valence-corrected chi connectivity index (χ3v) is 1.74. The molecular formula is C6H10O6. The third-order valence-electron chi connectivity index (χ3n) is 1.74. The molecular weight excluding hydrogens is 168 g/mol. The van der Waals surface area contributed by atoms with Crippen molar-refractivity contribution in [3.05, 3.63) is 0 Å². The van der Waals surface area contributed by atoms with E-state index in [0.29, 0.717) is 0 Å². The van der Waals surface area contributed by atoms with Crippen molar-refractivity contribution in [2.45, 2.75) is 24.4 Å². The number of aliphatic carboxylic acids is 1. The van der Waals surface area contributed by atoms with Crippen LogP contribution in [0.25, 0.3) is 0 Å². The molecule has 6 heteroatoms. The monoisotopic (exact) mass is 178 g/mol. The van der Waals surface area contributed by atoms with E-state index in [1.165, 1.54) is 0 Å². The van der Waals surface area contributed by atoms with Crippen molar-refractivity contribution in [1.82, 2.24) is 0 Å². The standard InChI is InChI=1S/C6H10O6/c7-2-1-12-5(6(10)11)4(9)3(2)8/h2-5,7-9H,1H2,(H,10,11)/t2-,3+,4-,5?/m0/s1. The normalized spacial score (nSPS) is 42.6. The predicted molar refractivity (Wildman–Crippen MR) is 35.4 cm³/mol. The first kappa shape index (κ1) is 9.40. The van der Waals surface area contributed by atoms with Gasteiger partial charge in [0.15, 0.2) is 6.10 Å². The quantitative estimate of drug-likeness (QED) is 0.355. The van der Waals surface area contributed by atoms with E-state index in [4.69, 9.17) is 20.4 Å². The number of carboxylic acids is 1. The zero-order chi connectivity index (χ0) is 9.30. The zero-order valence-corrected chi connectivity index (χ0v) is 6.12. The summed E-state index contributed by atoms with van der Waals surface area (Å²) >= 11 is 0. The van der Waals surface area contributed by atoms with E-state index >= 15 is 0 Å². The molecule has 4 atom stereocenters. The Bertz CT molecular complexity index is 181. The van der Waals surface area contributed by atoms with E-state index in [2.05, 4.69) is 4.74 Å². The second kappa shape index (κ2) is 3.36. The van der Waals surface area contributed by atoms with Crippen LogP contribution in [0.1, 0.15) is 0 Å². The van der Waals surface area contributed by atoms with Crippen LogP contribution in [-0.4, -0.2) is 57.4 Å². The van der Waals surface area contributed by atoms with Gasteiger partial charge < -0.3 is 25.2 Å². The molecule has 0 bridgehead atoms. The number of carboxylic acid groups (broad SMARTS) is 1. The van der Waals surface area contributed by atoms with Crippen LogP contribution < -0.4 is 0 Å². The van der Waals surface area contributed by atoms with Gasteiger partial charge in [-0.25, -0.2) is 4.79 Å². The van der Waals surface area contributed by atoms with Crippen molar-refractivity contribution in [2.24, 2.45) is 0 Å². The summed E-state index contributed by atoms with van der Waals surface area (Å²) in [6.07, 6.45) is -5.72. The summed E-state index contributed by atoms with van der Waals surface area (Å²) in [5, 5.41) is 35.4. The second-order valence-electron chi connectivity index (χ2n) is 2.64. The molecule has 1 heterocycles. The van der Waals surface area contributed by atoms with Crippen molar-refractivity contribution in [3.63, 3.8) is 0 Å². The van der Waals surface area contributed by atoms with Crippen molar-refractivity contribution in [2.75, 3.05) is 6.61 Å². The van der Waals surface area contributed by atoms with Gasteiger partial charge in [0.1, 0.15) is 18.3 Å². The highest BCUT2D eigenvalue weighted by Gasteiger charge is 2.41. The first-order valence-corrected chi connectivity index (χ1v) is 3.42. The molecule has 1 aliphatic rings. The van der Waals surface area contributed by atoms with Crippen LogP contribution in [0.3, 0.4) is 0 Å². The maximum atomic E-state index is 10.3. The molecule has 1 unspecified atom stereocenters. The van der Waals surface area contributed by atoms with Gasteiger partial charge in [0.05, 0.1) is 6.61 Å². The topological polar surface area (TPSA) is 107 Å². The SMILES string of the molecule is O=C(O)C1OC[C@H](O)[C@@H](O)[C@@H]1O. The first-order chi connectivity index (χ1) is 5.54. The van der Waals surface area contributed by atoms with Crippen LogP contribution in [0.2, 0.25) is 0 Å². The van der Waals surface area contributed by atoms with Crippen LogP contribution >= 0.6 is 0 Å². The molecule has 70 valence electrons. The van der Waals surface area contributed by atoms with Gasteiger partial charge in [0, 0.05) is 0 Å². The largest absolute Gasteiger partial charge is 0.479 e. The van der Waals surface area contributed by atoms with E-state index < -0.39 is 30.4 Å². The number of aliphatic hydroxyl groups is 3. The smallest absolute Gasteiger partial charge is 0.335 e. The Hall–Kier alpha value is -0.690. The molecule has 0 aromatic rings. The minimum atomic E-state index is -1.58. The summed E-state index contributed by atoms with van der Waals surface area (Å²) in [6, 6.07) is 0. The molecule has 1 saturated heterocycles. The number of hydrogen-bond acceptors (Lipinski definition) is 5. The highest BCUT2D eigenvalue weighted by atomic mass is 16.5. The molecule has 0 aromatic heterocycles. The summed E-state index contributed by atoms with van der Waals surface area (Å²) in [5.74, 6) is -1.35. The van der Waals surface area contributed by atoms with Crippen LogP contribution in [0.5, 0.6) is 0 Å². The van der Waals surface area contributed by atoms with E-state index in [-0.39, 0.29) is 6.61 Å². The zero-order valence-electron chi connectivity index (χ0n) is 6.12. The highest BCUT2D eigenvalue weighted by Crippen LogP contribution is 2.15. The second-order valence-corrected chi connectivity index (χ2v) is 2.64. The highest BCUT2D eigenvalue weighted by molar-refractivity contribution is 5.73. The van der Waals surface area contributed by atoms with Crippen molar-refractivity contribution in [3.8, 4) is 0 Å². The Labute approximate surface area is 68.0 Å². The minimum Gasteiger partial charge on any atom is -0.479 e. The van der Waals surface area contributed by atoms with Crippen molar-refractivity contribution in [1.29, 1.82) is 0 Å². The average Bonchev–Trinajstić information content (AvgIpc) is 2.00. The lowest BCUT2D eigenvalue weighted by Crippen LogP contribution is -2.55. The van der Waals surface area contributed by atoms with E-state index in [9.17, 15) is 4.79 Å². The Morgan fingerprint density at radius 2 is 1.83 bits per heavy atom. The lowest BCUT2D eigenvalue weighted by Gasteiger charge is -2.32. The summed E-state index contributed by atoms with van der Waals surface area (Å²) in [5.41, 5.74) is 0. The first-order valence-electron chi connectivity index (χ1n) is 3.42.